The first-order chi connectivity index (χ1) is 5.18. The third-order valence-electron chi connectivity index (χ3n) is 0.827. The van der Waals surface area contributed by atoms with Gasteiger partial charge in [0.05, 0.1) is 0 Å². The van der Waals surface area contributed by atoms with E-state index >= 15 is 0 Å². The van der Waals surface area contributed by atoms with Gasteiger partial charge in [-0.1, -0.05) is 0 Å². The molecule has 0 spiro atoms. The molecule has 0 aliphatic rings. The van der Waals surface area contributed by atoms with Crippen molar-refractivity contribution in [2.45, 2.75) is 0 Å². The van der Waals surface area contributed by atoms with E-state index in [1.165, 1.54) is 7.05 Å². The average Bonchev–Trinajstić information content (AvgIpc) is 1.88. The smallest absolute Gasteiger partial charge is 0.129 e. The predicted octanol–water partition coefficient (Wildman–Crippen LogP) is 1.68. The standard InChI is InChI=1S/C6H3F3.CH5N/c7-4-1-5(8)3-6(9)2-4;1-2/h1-3H;2H2,1H3. The van der Waals surface area contributed by atoms with Crippen molar-refractivity contribution in [3.63, 3.8) is 0 Å². The van der Waals surface area contributed by atoms with Gasteiger partial charge in [0, 0.05) is 18.2 Å². The van der Waals surface area contributed by atoms with E-state index in [-0.39, 0.29) is 0 Å². The molecule has 0 bridgehead atoms. The Morgan fingerprint density at radius 1 is 0.818 bits per heavy atom. The quantitative estimate of drug-likeness (QED) is 0.618. The molecule has 0 saturated carbocycles. The second-order valence-electron chi connectivity index (χ2n) is 1.59. The van der Waals surface area contributed by atoms with E-state index in [9.17, 15) is 13.2 Å². The van der Waals surface area contributed by atoms with Crippen LogP contribution >= 0.6 is 0 Å². The maximum absolute atomic E-state index is 11.9. The minimum absolute atomic E-state index is 0.614. The van der Waals surface area contributed by atoms with Gasteiger partial charge in [-0.15, -0.1) is 0 Å². The summed E-state index contributed by atoms with van der Waals surface area (Å²) < 4.78 is 35.8. The molecule has 0 aliphatic heterocycles. The first-order valence-electron chi connectivity index (χ1n) is 2.88. The highest BCUT2D eigenvalue weighted by molar-refractivity contribution is 5.07. The summed E-state index contributed by atoms with van der Waals surface area (Å²) in [6, 6.07) is 1.84. The van der Waals surface area contributed by atoms with Gasteiger partial charge in [-0.3, -0.25) is 0 Å². The zero-order valence-electron chi connectivity index (χ0n) is 5.94. The highest BCUT2D eigenvalue weighted by atomic mass is 19.1. The second kappa shape index (κ2) is 4.73. The maximum atomic E-state index is 11.9. The fourth-order valence-corrected chi connectivity index (χ4v) is 0.520. The number of hydrogen-bond donors (Lipinski definition) is 1. The molecule has 4 heteroatoms. The van der Waals surface area contributed by atoms with Gasteiger partial charge in [-0.2, -0.15) is 0 Å². The summed E-state index contributed by atoms with van der Waals surface area (Å²) in [5, 5.41) is 0. The number of benzene rings is 1. The molecule has 0 unspecified atom stereocenters. The van der Waals surface area contributed by atoms with E-state index < -0.39 is 17.5 Å². The van der Waals surface area contributed by atoms with Crippen molar-refractivity contribution in [1.82, 2.24) is 0 Å². The summed E-state index contributed by atoms with van der Waals surface area (Å²) in [5.74, 6) is -2.69. The van der Waals surface area contributed by atoms with Gasteiger partial charge in [0.1, 0.15) is 17.5 Å². The number of rotatable bonds is 0. The molecule has 0 saturated heterocycles. The molecular formula is C7H8F3N. The average molecular weight is 163 g/mol. The van der Waals surface area contributed by atoms with Gasteiger partial charge >= 0.3 is 0 Å². The van der Waals surface area contributed by atoms with Crippen LogP contribution in [0.2, 0.25) is 0 Å². The van der Waals surface area contributed by atoms with Crippen molar-refractivity contribution in [3.05, 3.63) is 35.7 Å². The van der Waals surface area contributed by atoms with E-state index in [1.807, 2.05) is 0 Å². The molecule has 1 aromatic carbocycles. The van der Waals surface area contributed by atoms with Crippen molar-refractivity contribution in [1.29, 1.82) is 0 Å². The molecule has 0 fully saturated rings. The van der Waals surface area contributed by atoms with Crippen LogP contribution < -0.4 is 5.73 Å². The lowest BCUT2D eigenvalue weighted by Gasteiger charge is -1.88. The zero-order chi connectivity index (χ0) is 8.85. The molecule has 0 aliphatic carbocycles. The first kappa shape index (κ1) is 9.97. The van der Waals surface area contributed by atoms with Crippen LogP contribution in [0.4, 0.5) is 13.2 Å². The van der Waals surface area contributed by atoms with E-state index in [1.54, 1.807) is 0 Å². The van der Waals surface area contributed by atoms with Crippen molar-refractivity contribution in [3.8, 4) is 0 Å². The van der Waals surface area contributed by atoms with E-state index in [0.29, 0.717) is 18.2 Å². The van der Waals surface area contributed by atoms with E-state index in [0.717, 1.165) is 0 Å². The van der Waals surface area contributed by atoms with Crippen LogP contribution in [0.15, 0.2) is 18.2 Å². The summed E-state index contributed by atoms with van der Waals surface area (Å²) in [7, 11) is 1.50. The van der Waals surface area contributed by atoms with Crippen LogP contribution in [-0.2, 0) is 0 Å². The lowest BCUT2D eigenvalue weighted by molar-refractivity contribution is 0.543. The lowest BCUT2D eigenvalue weighted by Crippen LogP contribution is -1.81. The Hall–Kier alpha value is -1.03. The SMILES string of the molecule is CN.Fc1cc(F)cc(F)c1. The first-order valence-corrected chi connectivity index (χ1v) is 2.88. The molecule has 2 N–H and O–H groups in total. The normalized spacial score (nSPS) is 8.45. The van der Waals surface area contributed by atoms with Gasteiger partial charge < -0.3 is 5.73 Å². The number of nitrogens with two attached hydrogens (primary N) is 1. The van der Waals surface area contributed by atoms with Crippen LogP contribution in [0.3, 0.4) is 0 Å². The molecule has 11 heavy (non-hydrogen) atoms. The van der Waals surface area contributed by atoms with Crippen molar-refractivity contribution in [2.24, 2.45) is 5.73 Å². The van der Waals surface area contributed by atoms with Crippen LogP contribution in [-0.4, -0.2) is 7.05 Å². The Kier molecular flexibility index (Phi) is 4.29. The molecule has 0 radical (unpaired) electrons. The monoisotopic (exact) mass is 163 g/mol. The second-order valence-corrected chi connectivity index (χ2v) is 1.59. The minimum atomic E-state index is -0.896. The Morgan fingerprint density at radius 3 is 1.18 bits per heavy atom. The van der Waals surface area contributed by atoms with Crippen molar-refractivity contribution >= 4 is 0 Å². The summed E-state index contributed by atoms with van der Waals surface area (Å²) in [6.45, 7) is 0. The highest BCUT2D eigenvalue weighted by Crippen LogP contribution is 2.04. The molecule has 0 heterocycles. The topological polar surface area (TPSA) is 26.0 Å². The molecule has 0 amide bonds. The Bertz CT molecular complexity index is 174. The van der Waals surface area contributed by atoms with Crippen LogP contribution in [0, 0.1) is 17.5 Å². The molecule has 62 valence electrons. The summed E-state index contributed by atoms with van der Waals surface area (Å²) in [4.78, 5) is 0. The Labute approximate surface area is 62.6 Å². The summed E-state index contributed by atoms with van der Waals surface area (Å²) >= 11 is 0. The Balaban J connectivity index is 0.000000461. The van der Waals surface area contributed by atoms with E-state index in [4.69, 9.17) is 0 Å². The van der Waals surface area contributed by atoms with Crippen LogP contribution in [0.25, 0.3) is 0 Å². The van der Waals surface area contributed by atoms with Crippen LogP contribution in [0.1, 0.15) is 0 Å². The summed E-state index contributed by atoms with van der Waals surface area (Å²) in [6.07, 6.45) is 0. The fourth-order valence-electron chi connectivity index (χ4n) is 0.520. The molecular weight excluding hydrogens is 155 g/mol. The fraction of sp³-hybridized carbons (Fsp3) is 0.143. The lowest BCUT2D eigenvalue weighted by atomic mass is 10.3. The predicted molar refractivity (Wildman–Crippen MR) is 36.4 cm³/mol. The molecule has 0 atom stereocenters. The van der Waals surface area contributed by atoms with Gasteiger partial charge in [0.25, 0.3) is 0 Å². The van der Waals surface area contributed by atoms with Gasteiger partial charge in [0.2, 0.25) is 0 Å². The van der Waals surface area contributed by atoms with Crippen molar-refractivity contribution in [2.75, 3.05) is 7.05 Å². The number of hydrogen-bond acceptors (Lipinski definition) is 1. The largest absolute Gasteiger partial charge is 0.333 e. The minimum Gasteiger partial charge on any atom is -0.333 e. The van der Waals surface area contributed by atoms with Gasteiger partial charge in [0.15, 0.2) is 0 Å². The molecule has 0 aromatic heterocycles. The van der Waals surface area contributed by atoms with Gasteiger partial charge in [-0.05, 0) is 7.05 Å². The zero-order valence-corrected chi connectivity index (χ0v) is 5.94. The third-order valence-corrected chi connectivity index (χ3v) is 0.827. The molecule has 1 nitrogen and oxygen atoms in total. The van der Waals surface area contributed by atoms with E-state index in [2.05, 4.69) is 5.73 Å². The summed E-state index contributed by atoms with van der Waals surface area (Å²) in [5.41, 5.74) is 4.50. The van der Waals surface area contributed by atoms with Gasteiger partial charge in [-0.25, -0.2) is 13.2 Å². The van der Waals surface area contributed by atoms with Crippen LogP contribution in [0.5, 0.6) is 0 Å². The van der Waals surface area contributed by atoms with Crippen molar-refractivity contribution < 1.29 is 13.2 Å². The third kappa shape index (κ3) is 3.62. The Morgan fingerprint density at radius 2 is 1.00 bits per heavy atom. The molecule has 1 rings (SSSR count). The molecule has 1 aromatic rings. The maximum Gasteiger partial charge on any atom is 0.129 e. The number of halogens is 3. The highest BCUT2D eigenvalue weighted by Gasteiger charge is 1.96.